The number of hydrogen-bond donors (Lipinski definition) is 0. The van der Waals surface area contributed by atoms with E-state index in [-0.39, 0.29) is 18.2 Å². The average molecular weight is 268 g/mol. The van der Waals surface area contributed by atoms with Gasteiger partial charge in [-0.3, -0.25) is 4.79 Å². The maximum Gasteiger partial charge on any atom is 0.303 e. The number of carbonyl (C=O) groups is 1. The smallest absolute Gasteiger partial charge is 0.303 e. The van der Waals surface area contributed by atoms with E-state index in [0.29, 0.717) is 6.42 Å². The van der Waals surface area contributed by atoms with Gasteiger partial charge in [0.1, 0.15) is 18.0 Å². The summed E-state index contributed by atoms with van der Waals surface area (Å²) in [4.78, 5) is 11.3. The van der Waals surface area contributed by atoms with Crippen LogP contribution in [0.3, 0.4) is 0 Å². The van der Waals surface area contributed by atoms with Gasteiger partial charge < -0.3 is 9.47 Å². The van der Waals surface area contributed by atoms with Gasteiger partial charge in [0.15, 0.2) is 0 Å². The molecule has 0 bridgehead atoms. The lowest BCUT2D eigenvalue weighted by Crippen LogP contribution is -2.22. The summed E-state index contributed by atoms with van der Waals surface area (Å²) in [6.07, 6.45) is 0.304. The molecule has 2 aromatic rings. The van der Waals surface area contributed by atoms with Gasteiger partial charge in [-0.05, 0) is 11.6 Å². The van der Waals surface area contributed by atoms with Crippen molar-refractivity contribution in [2.75, 3.05) is 0 Å². The fourth-order valence-corrected chi connectivity index (χ4v) is 2.56. The van der Waals surface area contributed by atoms with Crippen LogP contribution in [0.5, 0.6) is 5.75 Å². The fourth-order valence-electron chi connectivity index (χ4n) is 2.56. The van der Waals surface area contributed by atoms with E-state index in [1.54, 1.807) is 0 Å². The topological polar surface area (TPSA) is 35.5 Å². The van der Waals surface area contributed by atoms with Crippen LogP contribution in [0.2, 0.25) is 0 Å². The molecule has 1 heterocycles. The number of hydrogen-bond acceptors (Lipinski definition) is 3. The summed E-state index contributed by atoms with van der Waals surface area (Å²) in [6.45, 7) is 1.44. The number of fused-ring (bicyclic) bond motifs is 1. The van der Waals surface area contributed by atoms with E-state index in [1.165, 1.54) is 6.92 Å². The summed E-state index contributed by atoms with van der Waals surface area (Å²) in [5, 5.41) is 0. The third kappa shape index (κ3) is 2.52. The molecule has 3 nitrogen and oxygen atoms in total. The van der Waals surface area contributed by atoms with Gasteiger partial charge >= 0.3 is 5.97 Å². The molecule has 0 saturated carbocycles. The number of para-hydroxylation sites is 1. The summed E-state index contributed by atoms with van der Waals surface area (Å²) in [5.41, 5.74) is 2.04. The molecule has 3 heteroatoms. The van der Waals surface area contributed by atoms with Gasteiger partial charge in [-0.2, -0.15) is 0 Å². The minimum absolute atomic E-state index is 0.0875. The van der Waals surface area contributed by atoms with Gasteiger partial charge in [0.2, 0.25) is 0 Å². The van der Waals surface area contributed by atoms with Crippen LogP contribution in [0, 0.1) is 0 Å². The van der Waals surface area contributed by atoms with Crippen molar-refractivity contribution in [3.8, 4) is 5.75 Å². The Hall–Kier alpha value is -2.29. The van der Waals surface area contributed by atoms with Crippen molar-refractivity contribution >= 4 is 5.97 Å². The van der Waals surface area contributed by atoms with Crippen LogP contribution in [0.25, 0.3) is 0 Å². The zero-order valence-electron chi connectivity index (χ0n) is 11.3. The number of esters is 1. The lowest BCUT2D eigenvalue weighted by Gasteiger charge is -2.31. The monoisotopic (exact) mass is 268 g/mol. The van der Waals surface area contributed by atoms with Gasteiger partial charge in [0.05, 0.1) is 0 Å². The van der Waals surface area contributed by atoms with E-state index >= 15 is 0 Å². The molecule has 1 aliphatic rings. The van der Waals surface area contributed by atoms with Crippen LogP contribution in [0.4, 0.5) is 0 Å². The minimum Gasteiger partial charge on any atom is -0.485 e. The summed E-state index contributed by atoms with van der Waals surface area (Å²) < 4.78 is 11.5. The van der Waals surface area contributed by atoms with E-state index in [9.17, 15) is 4.79 Å². The Morgan fingerprint density at radius 1 is 1.10 bits per heavy atom. The predicted molar refractivity (Wildman–Crippen MR) is 75.4 cm³/mol. The van der Waals surface area contributed by atoms with E-state index in [4.69, 9.17) is 9.47 Å². The maximum absolute atomic E-state index is 11.3. The molecule has 0 amide bonds. The summed E-state index contributed by atoms with van der Waals surface area (Å²) >= 11 is 0. The van der Waals surface area contributed by atoms with Crippen LogP contribution in [0.15, 0.2) is 54.6 Å². The van der Waals surface area contributed by atoms with Crippen molar-refractivity contribution in [3.63, 3.8) is 0 Å². The van der Waals surface area contributed by atoms with E-state index in [0.717, 1.165) is 16.9 Å². The molecule has 0 saturated heterocycles. The van der Waals surface area contributed by atoms with E-state index in [2.05, 4.69) is 0 Å². The van der Waals surface area contributed by atoms with Crippen molar-refractivity contribution in [1.29, 1.82) is 0 Å². The molecule has 0 unspecified atom stereocenters. The van der Waals surface area contributed by atoms with Gasteiger partial charge in [-0.15, -0.1) is 0 Å². The van der Waals surface area contributed by atoms with Gasteiger partial charge in [0.25, 0.3) is 0 Å². The fraction of sp³-hybridized carbons (Fsp3) is 0.235. The number of carbonyl (C=O) groups excluding carboxylic acids is 1. The lowest BCUT2D eigenvalue weighted by atomic mass is 9.95. The summed E-state index contributed by atoms with van der Waals surface area (Å²) in [5.74, 6) is 0.525. The second kappa shape index (κ2) is 5.37. The average Bonchev–Trinajstić information content (AvgIpc) is 2.47. The zero-order chi connectivity index (χ0) is 13.9. The quantitative estimate of drug-likeness (QED) is 0.777. The molecule has 0 N–H and O–H groups in total. The molecule has 1 aliphatic heterocycles. The van der Waals surface area contributed by atoms with Crippen LogP contribution < -0.4 is 4.74 Å². The highest BCUT2D eigenvalue weighted by atomic mass is 16.6. The van der Waals surface area contributed by atoms with Crippen LogP contribution >= 0.6 is 0 Å². The molecule has 0 spiro atoms. The maximum atomic E-state index is 11.3. The Bertz CT molecular complexity index is 607. The van der Waals surface area contributed by atoms with Gasteiger partial charge in [0, 0.05) is 18.9 Å². The minimum atomic E-state index is -0.265. The zero-order valence-corrected chi connectivity index (χ0v) is 11.3. The second-order valence-electron chi connectivity index (χ2n) is 4.89. The molecule has 2 atom stereocenters. The number of rotatable bonds is 2. The SMILES string of the molecule is CC(=O)O[C@@H]1C[C@H](c2ccccc2)Oc2ccccc21. The van der Waals surface area contributed by atoms with Crippen LogP contribution in [-0.2, 0) is 9.53 Å². The predicted octanol–water partition coefficient (Wildman–Crippen LogP) is 3.81. The number of ether oxygens (including phenoxy) is 2. The molecule has 102 valence electrons. The van der Waals surface area contributed by atoms with Crippen molar-refractivity contribution in [2.24, 2.45) is 0 Å². The molecular formula is C17H16O3. The van der Waals surface area contributed by atoms with Crippen molar-refractivity contribution < 1.29 is 14.3 Å². The first-order chi connectivity index (χ1) is 9.74. The van der Waals surface area contributed by atoms with Gasteiger partial charge in [-0.25, -0.2) is 0 Å². The molecule has 20 heavy (non-hydrogen) atoms. The first-order valence-corrected chi connectivity index (χ1v) is 6.72. The van der Waals surface area contributed by atoms with Crippen LogP contribution in [-0.4, -0.2) is 5.97 Å². The van der Waals surface area contributed by atoms with Gasteiger partial charge in [-0.1, -0.05) is 48.5 Å². The third-order valence-corrected chi connectivity index (χ3v) is 3.44. The first-order valence-electron chi connectivity index (χ1n) is 6.72. The molecule has 0 aromatic heterocycles. The van der Waals surface area contributed by atoms with Crippen molar-refractivity contribution in [3.05, 3.63) is 65.7 Å². The normalized spacial score (nSPS) is 20.6. The van der Waals surface area contributed by atoms with E-state index in [1.807, 2.05) is 54.6 Å². The van der Waals surface area contributed by atoms with Crippen molar-refractivity contribution in [2.45, 2.75) is 25.6 Å². The highest BCUT2D eigenvalue weighted by Gasteiger charge is 2.30. The second-order valence-corrected chi connectivity index (χ2v) is 4.89. The molecule has 0 radical (unpaired) electrons. The Balaban J connectivity index is 1.94. The molecule has 3 rings (SSSR count). The molecule has 0 aliphatic carbocycles. The Labute approximate surface area is 118 Å². The molecule has 2 aromatic carbocycles. The highest BCUT2D eigenvalue weighted by molar-refractivity contribution is 5.66. The Morgan fingerprint density at radius 3 is 2.55 bits per heavy atom. The Kier molecular flexibility index (Phi) is 3.42. The third-order valence-electron chi connectivity index (χ3n) is 3.44. The van der Waals surface area contributed by atoms with Crippen LogP contribution in [0.1, 0.15) is 36.7 Å². The van der Waals surface area contributed by atoms with Crippen molar-refractivity contribution in [1.82, 2.24) is 0 Å². The lowest BCUT2D eigenvalue weighted by molar-refractivity contribution is -0.149. The highest BCUT2D eigenvalue weighted by Crippen LogP contribution is 2.42. The summed E-state index contributed by atoms with van der Waals surface area (Å²) in [6, 6.07) is 17.7. The standard InChI is InChI=1S/C17H16O3/c1-12(18)19-17-11-16(13-7-3-2-4-8-13)20-15-10-6-5-9-14(15)17/h2-10,16-17H,11H2,1H3/t16-,17-/m1/s1. The van der Waals surface area contributed by atoms with E-state index < -0.39 is 0 Å². The molecule has 0 fully saturated rings. The molecular weight excluding hydrogens is 252 g/mol. The first kappa shape index (κ1) is 12.7. The number of benzene rings is 2. The Morgan fingerprint density at radius 2 is 1.80 bits per heavy atom. The summed E-state index contributed by atoms with van der Waals surface area (Å²) in [7, 11) is 0. The largest absolute Gasteiger partial charge is 0.485 e.